The SMILES string of the molecule is NC1CCC(Nc2nc(F)nc(F)c2Cl)CC1. The number of nitrogens with zero attached hydrogens (tertiary/aromatic N) is 2. The molecule has 1 aromatic rings. The van der Waals surface area contributed by atoms with Crippen LogP contribution in [0.1, 0.15) is 25.7 Å². The van der Waals surface area contributed by atoms with Crippen molar-refractivity contribution in [2.24, 2.45) is 5.73 Å². The summed E-state index contributed by atoms with van der Waals surface area (Å²) >= 11 is 5.66. The molecular weight excluding hydrogens is 250 g/mol. The molecule has 0 saturated heterocycles. The lowest BCUT2D eigenvalue weighted by molar-refractivity contribution is 0.409. The molecule has 0 aromatic carbocycles. The Morgan fingerprint density at radius 3 is 2.47 bits per heavy atom. The van der Waals surface area contributed by atoms with Crippen molar-refractivity contribution >= 4 is 17.4 Å². The van der Waals surface area contributed by atoms with E-state index in [-0.39, 0.29) is 22.9 Å². The molecule has 0 unspecified atom stereocenters. The van der Waals surface area contributed by atoms with Crippen LogP contribution < -0.4 is 11.1 Å². The van der Waals surface area contributed by atoms with Gasteiger partial charge in [0, 0.05) is 12.1 Å². The van der Waals surface area contributed by atoms with Gasteiger partial charge in [-0.05, 0) is 25.7 Å². The summed E-state index contributed by atoms with van der Waals surface area (Å²) in [6, 6.07) is 0.309. The molecule has 0 atom stereocenters. The van der Waals surface area contributed by atoms with Crippen molar-refractivity contribution < 1.29 is 8.78 Å². The highest BCUT2D eigenvalue weighted by atomic mass is 35.5. The van der Waals surface area contributed by atoms with Crippen LogP contribution in [0.2, 0.25) is 5.02 Å². The van der Waals surface area contributed by atoms with Gasteiger partial charge in [0.25, 0.3) is 0 Å². The molecule has 4 nitrogen and oxygen atoms in total. The van der Waals surface area contributed by atoms with Gasteiger partial charge in [-0.15, -0.1) is 0 Å². The van der Waals surface area contributed by atoms with E-state index in [1.54, 1.807) is 0 Å². The van der Waals surface area contributed by atoms with Gasteiger partial charge >= 0.3 is 6.08 Å². The zero-order valence-electron chi connectivity index (χ0n) is 9.09. The quantitative estimate of drug-likeness (QED) is 0.633. The smallest absolute Gasteiger partial charge is 0.313 e. The Balaban J connectivity index is 2.08. The number of nitrogens with one attached hydrogen (secondary N) is 1. The minimum absolute atomic E-state index is 0.0112. The molecule has 1 aliphatic carbocycles. The van der Waals surface area contributed by atoms with Gasteiger partial charge in [-0.3, -0.25) is 0 Å². The minimum Gasteiger partial charge on any atom is -0.366 e. The first-order valence-electron chi connectivity index (χ1n) is 5.47. The third kappa shape index (κ3) is 3.01. The monoisotopic (exact) mass is 262 g/mol. The van der Waals surface area contributed by atoms with Crippen molar-refractivity contribution in [1.82, 2.24) is 9.97 Å². The highest BCUT2D eigenvalue weighted by Gasteiger charge is 2.21. The first kappa shape index (κ1) is 12.4. The number of rotatable bonds is 2. The van der Waals surface area contributed by atoms with Crippen LogP contribution in [0.5, 0.6) is 0 Å². The second-order valence-electron chi connectivity index (χ2n) is 4.20. The Kier molecular flexibility index (Phi) is 3.73. The molecule has 7 heteroatoms. The Morgan fingerprint density at radius 2 is 1.82 bits per heavy atom. The molecule has 0 bridgehead atoms. The normalized spacial score (nSPS) is 24.7. The number of anilines is 1. The third-order valence-corrected chi connectivity index (χ3v) is 3.23. The van der Waals surface area contributed by atoms with E-state index in [9.17, 15) is 8.78 Å². The summed E-state index contributed by atoms with van der Waals surface area (Å²) in [7, 11) is 0. The van der Waals surface area contributed by atoms with Gasteiger partial charge in [0.2, 0.25) is 5.95 Å². The summed E-state index contributed by atoms with van der Waals surface area (Å²) in [5.74, 6) is -1.04. The molecule has 1 aliphatic rings. The van der Waals surface area contributed by atoms with Crippen molar-refractivity contribution in [3.05, 3.63) is 17.0 Å². The van der Waals surface area contributed by atoms with Crippen molar-refractivity contribution in [2.75, 3.05) is 5.32 Å². The molecule has 17 heavy (non-hydrogen) atoms. The van der Waals surface area contributed by atoms with Crippen LogP contribution in [-0.4, -0.2) is 22.1 Å². The lowest BCUT2D eigenvalue weighted by atomic mass is 9.92. The molecular formula is C10H13ClF2N4. The first-order valence-corrected chi connectivity index (χ1v) is 5.84. The fraction of sp³-hybridized carbons (Fsp3) is 0.600. The largest absolute Gasteiger partial charge is 0.366 e. The highest BCUT2D eigenvalue weighted by Crippen LogP contribution is 2.26. The molecule has 0 spiro atoms. The molecule has 0 radical (unpaired) electrons. The van der Waals surface area contributed by atoms with Crippen LogP contribution in [0.25, 0.3) is 0 Å². The Morgan fingerprint density at radius 1 is 1.18 bits per heavy atom. The van der Waals surface area contributed by atoms with E-state index >= 15 is 0 Å². The van der Waals surface area contributed by atoms with E-state index in [1.807, 2.05) is 0 Å². The summed E-state index contributed by atoms with van der Waals surface area (Å²) in [6.07, 6.45) is 2.31. The molecule has 3 N–H and O–H groups in total. The molecule has 0 aliphatic heterocycles. The van der Waals surface area contributed by atoms with Crippen LogP contribution in [0.3, 0.4) is 0 Å². The van der Waals surface area contributed by atoms with E-state index in [1.165, 1.54) is 0 Å². The van der Waals surface area contributed by atoms with Gasteiger partial charge in [-0.2, -0.15) is 18.7 Å². The number of halogens is 3. The molecule has 2 rings (SSSR count). The zero-order valence-corrected chi connectivity index (χ0v) is 9.84. The Labute approximate surface area is 103 Å². The van der Waals surface area contributed by atoms with E-state index < -0.39 is 12.0 Å². The molecule has 1 saturated carbocycles. The first-order chi connectivity index (χ1) is 8.06. The maximum Gasteiger partial charge on any atom is 0.313 e. The number of aromatic nitrogens is 2. The van der Waals surface area contributed by atoms with E-state index in [0.29, 0.717) is 0 Å². The lowest BCUT2D eigenvalue weighted by Gasteiger charge is -2.27. The molecule has 94 valence electrons. The highest BCUT2D eigenvalue weighted by molar-refractivity contribution is 6.32. The van der Waals surface area contributed by atoms with Gasteiger partial charge in [0.15, 0.2) is 5.82 Å². The maximum atomic E-state index is 13.1. The lowest BCUT2D eigenvalue weighted by Crippen LogP contribution is -2.33. The van der Waals surface area contributed by atoms with Gasteiger partial charge in [0.1, 0.15) is 5.02 Å². The summed E-state index contributed by atoms with van der Waals surface area (Å²) in [5.41, 5.74) is 5.77. The molecule has 1 fully saturated rings. The van der Waals surface area contributed by atoms with Gasteiger partial charge in [-0.1, -0.05) is 11.6 Å². The van der Waals surface area contributed by atoms with Gasteiger partial charge < -0.3 is 11.1 Å². The average Bonchev–Trinajstić information content (AvgIpc) is 2.28. The molecule has 1 aromatic heterocycles. The summed E-state index contributed by atoms with van der Waals surface area (Å²) in [5, 5.41) is 2.66. The Hall–Kier alpha value is -1.01. The predicted octanol–water partition coefficient (Wildman–Crippen LogP) is 2.09. The van der Waals surface area contributed by atoms with E-state index in [0.717, 1.165) is 25.7 Å². The van der Waals surface area contributed by atoms with E-state index in [2.05, 4.69) is 15.3 Å². The number of hydrogen-bond donors (Lipinski definition) is 2. The van der Waals surface area contributed by atoms with Crippen LogP contribution >= 0.6 is 11.6 Å². The molecule has 0 amide bonds. The van der Waals surface area contributed by atoms with Crippen LogP contribution in [-0.2, 0) is 0 Å². The summed E-state index contributed by atoms with van der Waals surface area (Å²) < 4.78 is 25.9. The van der Waals surface area contributed by atoms with Crippen molar-refractivity contribution in [3.8, 4) is 0 Å². The van der Waals surface area contributed by atoms with Crippen molar-refractivity contribution in [3.63, 3.8) is 0 Å². The Bertz CT molecular complexity index is 408. The number of hydrogen-bond acceptors (Lipinski definition) is 4. The van der Waals surface area contributed by atoms with Crippen molar-refractivity contribution in [2.45, 2.75) is 37.8 Å². The van der Waals surface area contributed by atoms with Gasteiger partial charge in [-0.25, -0.2) is 0 Å². The second-order valence-corrected chi connectivity index (χ2v) is 4.58. The summed E-state index contributed by atoms with van der Waals surface area (Å²) in [6.45, 7) is 0. The fourth-order valence-corrected chi connectivity index (χ4v) is 2.09. The van der Waals surface area contributed by atoms with E-state index in [4.69, 9.17) is 17.3 Å². The topological polar surface area (TPSA) is 63.8 Å². The fourth-order valence-electron chi connectivity index (χ4n) is 1.95. The minimum atomic E-state index is -1.12. The van der Waals surface area contributed by atoms with Gasteiger partial charge in [0.05, 0.1) is 0 Å². The number of nitrogens with two attached hydrogens (primary N) is 1. The third-order valence-electron chi connectivity index (χ3n) is 2.90. The van der Waals surface area contributed by atoms with Crippen molar-refractivity contribution in [1.29, 1.82) is 0 Å². The standard InChI is InChI=1S/C10H13ClF2N4/c11-7-8(12)16-10(13)17-9(7)15-6-3-1-5(14)2-4-6/h5-6H,1-4,14H2,(H,15,16,17). The van der Waals surface area contributed by atoms with Crippen LogP contribution in [0, 0.1) is 12.0 Å². The summed E-state index contributed by atoms with van der Waals surface area (Å²) in [4.78, 5) is 6.36. The van der Waals surface area contributed by atoms with Crippen LogP contribution in [0.4, 0.5) is 14.6 Å². The van der Waals surface area contributed by atoms with Crippen LogP contribution in [0.15, 0.2) is 0 Å². The second kappa shape index (κ2) is 5.10. The average molecular weight is 263 g/mol. The predicted molar refractivity (Wildman–Crippen MR) is 60.8 cm³/mol. The molecule has 1 heterocycles. The zero-order chi connectivity index (χ0) is 12.4. The maximum absolute atomic E-state index is 13.1.